The molecule has 0 fully saturated rings. The summed E-state index contributed by atoms with van der Waals surface area (Å²) in [5.41, 5.74) is 2.62. The predicted molar refractivity (Wildman–Crippen MR) is 129 cm³/mol. The fourth-order valence-corrected chi connectivity index (χ4v) is 4.54. The summed E-state index contributed by atoms with van der Waals surface area (Å²) < 4.78 is 11.9. The molecular weight excluding hydrogens is 486 g/mol. The third kappa shape index (κ3) is 4.72. The van der Waals surface area contributed by atoms with Gasteiger partial charge in [0.25, 0.3) is 0 Å². The van der Waals surface area contributed by atoms with Crippen LogP contribution in [0.25, 0.3) is 20.9 Å². The molecule has 2 heterocycles. The number of thiazole rings is 2. The standard InChI is InChI=1S/C20H19N5O2S2.BrH/c1-26-15-7-5-8-16(27-2)12(15)10-22-19(21)25-20-24-14(11-28-20)18-23-13-6-3-4-9-17(13)29-18;/h3-9,11H,10H2,1-2H3,(H3,21,22,24,25);1H. The summed E-state index contributed by atoms with van der Waals surface area (Å²) in [4.78, 5) is 9.19. The first-order valence-corrected chi connectivity index (χ1v) is 10.5. The molecule has 2 aromatic carbocycles. The Hall–Kier alpha value is -2.69. The van der Waals surface area contributed by atoms with Crippen LogP contribution in [0.3, 0.4) is 0 Å². The number of para-hydroxylation sites is 1. The van der Waals surface area contributed by atoms with Gasteiger partial charge in [0, 0.05) is 5.38 Å². The zero-order chi connectivity index (χ0) is 20.2. The van der Waals surface area contributed by atoms with Gasteiger partial charge in [-0.15, -0.1) is 39.7 Å². The number of nitrogens with zero attached hydrogens (tertiary/aromatic N) is 2. The Kier molecular flexibility index (Phi) is 7.24. The van der Waals surface area contributed by atoms with Crippen LogP contribution in [-0.2, 0) is 6.54 Å². The van der Waals surface area contributed by atoms with Crippen LogP contribution in [0.4, 0.5) is 5.13 Å². The monoisotopic (exact) mass is 505 g/mol. The molecule has 2 aromatic heterocycles. The molecule has 4 rings (SSSR count). The van der Waals surface area contributed by atoms with E-state index in [-0.39, 0.29) is 22.9 Å². The lowest BCUT2D eigenvalue weighted by atomic mass is 10.1. The number of hydrogen-bond acceptors (Lipinski definition) is 7. The van der Waals surface area contributed by atoms with Gasteiger partial charge in [-0.05, 0) is 24.3 Å². The molecule has 0 saturated heterocycles. The molecule has 3 N–H and O–H groups in total. The second-order valence-electron chi connectivity index (χ2n) is 6.02. The Morgan fingerprint density at radius 1 is 1.03 bits per heavy atom. The number of benzene rings is 2. The average Bonchev–Trinajstić information content (AvgIpc) is 3.38. The number of guanidine groups is 1. The second-order valence-corrected chi connectivity index (χ2v) is 7.91. The molecule has 0 spiro atoms. The number of fused-ring (bicyclic) bond motifs is 1. The first kappa shape index (κ1) is 22.0. The van der Waals surface area contributed by atoms with Crippen molar-refractivity contribution in [1.82, 2.24) is 15.3 Å². The van der Waals surface area contributed by atoms with Crippen LogP contribution < -0.4 is 20.1 Å². The summed E-state index contributed by atoms with van der Waals surface area (Å²) in [5.74, 6) is 1.55. The van der Waals surface area contributed by atoms with Crippen molar-refractivity contribution in [1.29, 1.82) is 5.41 Å². The van der Waals surface area contributed by atoms with Gasteiger partial charge in [0.1, 0.15) is 22.2 Å². The lowest BCUT2D eigenvalue weighted by molar-refractivity contribution is 0.384. The number of nitrogens with one attached hydrogen (secondary N) is 3. The molecule has 0 bridgehead atoms. The van der Waals surface area contributed by atoms with Crippen LogP contribution in [0.2, 0.25) is 0 Å². The highest BCUT2D eigenvalue weighted by Gasteiger charge is 2.13. The van der Waals surface area contributed by atoms with Crippen molar-refractivity contribution in [2.24, 2.45) is 0 Å². The topological polar surface area (TPSA) is 92.2 Å². The quantitative estimate of drug-likeness (QED) is 0.248. The first-order valence-electron chi connectivity index (χ1n) is 8.78. The van der Waals surface area contributed by atoms with Crippen LogP contribution in [0.15, 0.2) is 47.8 Å². The van der Waals surface area contributed by atoms with Crippen molar-refractivity contribution >= 4 is 61.0 Å². The fourth-order valence-electron chi connectivity index (χ4n) is 2.84. The molecule has 4 aromatic rings. The summed E-state index contributed by atoms with van der Waals surface area (Å²) in [6, 6.07) is 13.6. The van der Waals surface area contributed by atoms with Crippen molar-refractivity contribution in [2.45, 2.75) is 6.54 Å². The Morgan fingerprint density at radius 2 is 1.77 bits per heavy atom. The molecule has 0 radical (unpaired) electrons. The van der Waals surface area contributed by atoms with Crippen molar-refractivity contribution in [3.8, 4) is 22.2 Å². The molecule has 0 saturated carbocycles. The molecular formula is C20H20BrN5O2S2. The number of ether oxygens (including phenoxy) is 2. The number of halogens is 1. The molecule has 0 unspecified atom stereocenters. The largest absolute Gasteiger partial charge is 0.496 e. The smallest absolute Gasteiger partial charge is 0.195 e. The third-order valence-electron chi connectivity index (χ3n) is 4.22. The lowest BCUT2D eigenvalue weighted by Gasteiger charge is -2.14. The highest BCUT2D eigenvalue weighted by molar-refractivity contribution is 8.93. The number of aromatic nitrogens is 2. The van der Waals surface area contributed by atoms with Gasteiger partial charge in [0.15, 0.2) is 11.1 Å². The number of methoxy groups -OCH3 is 2. The van der Waals surface area contributed by atoms with Crippen LogP contribution >= 0.6 is 39.7 Å². The summed E-state index contributed by atoms with van der Waals surface area (Å²) in [6.45, 7) is 0.384. The van der Waals surface area contributed by atoms with E-state index in [1.165, 1.54) is 11.3 Å². The minimum Gasteiger partial charge on any atom is -0.496 e. The van der Waals surface area contributed by atoms with Gasteiger partial charge >= 0.3 is 0 Å². The van der Waals surface area contributed by atoms with E-state index >= 15 is 0 Å². The van der Waals surface area contributed by atoms with E-state index < -0.39 is 0 Å². The zero-order valence-corrected chi connectivity index (χ0v) is 19.6. The molecule has 0 aliphatic carbocycles. The summed E-state index contributed by atoms with van der Waals surface area (Å²) in [5, 5.41) is 17.6. The Morgan fingerprint density at radius 3 is 2.47 bits per heavy atom. The van der Waals surface area contributed by atoms with E-state index in [0.717, 1.165) is 26.5 Å². The molecule has 30 heavy (non-hydrogen) atoms. The summed E-state index contributed by atoms with van der Waals surface area (Å²) in [6.07, 6.45) is 0. The summed E-state index contributed by atoms with van der Waals surface area (Å²) in [7, 11) is 3.22. The Bertz CT molecular complexity index is 1110. The minimum atomic E-state index is 0. The van der Waals surface area contributed by atoms with Crippen LogP contribution in [-0.4, -0.2) is 30.1 Å². The highest BCUT2D eigenvalue weighted by atomic mass is 79.9. The zero-order valence-electron chi connectivity index (χ0n) is 16.3. The molecule has 156 valence electrons. The minimum absolute atomic E-state index is 0. The highest BCUT2D eigenvalue weighted by Crippen LogP contribution is 2.32. The summed E-state index contributed by atoms with van der Waals surface area (Å²) >= 11 is 3.04. The maximum Gasteiger partial charge on any atom is 0.195 e. The van der Waals surface area contributed by atoms with E-state index in [2.05, 4.69) is 20.6 Å². The van der Waals surface area contributed by atoms with Crippen molar-refractivity contribution < 1.29 is 9.47 Å². The van der Waals surface area contributed by atoms with Gasteiger partial charge in [-0.25, -0.2) is 9.97 Å². The molecule has 0 aliphatic heterocycles. The normalized spacial score (nSPS) is 10.3. The van der Waals surface area contributed by atoms with Gasteiger partial charge in [0.05, 0.1) is 36.5 Å². The average molecular weight is 506 g/mol. The van der Waals surface area contributed by atoms with Gasteiger partial charge in [-0.1, -0.05) is 18.2 Å². The number of hydrogen-bond donors (Lipinski definition) is 3. The molecule has 0 amide bonds. The number of rotatable bonds is 6. The molecule has 0 atom stereocenters. The van der Waals surface area contributed by atoms with Gasteiger partial charge < -0.3 is 20.1 Å². The second kappa shape index (κ2) is 9.88. The van der Waals surface area contributed by atoms with E-state index in [0.29, 0.717) is 23.2 Å². The van der Waals surface area contributed by atoms with Gasteiger partial charge in [-0.2, -0.15) is 0 Å². The lowest BCUT2D eigenvalue weighted by Crippen LogP contribution is -2.29. The molecule has 7 nitrogen and oxygen atoms in total. The first-order chi connectivity index (χ1) is 14.2. The Labute approximate surface area is 192 Å². The van der Waals surface area contributed by atoms with Crippen molar-refractivity contribution in [3.63, 3.8) is 0 Å². The van der Waals surface area contributed by atoms with Gasteiger partial charge in [0.2, 0.25) is 0 Å². The SMILES string of the molecule is Br.COc1cccc(OC)c1CNC(=N)Nc1nc(-c2nc3ccccc3s2)cs1. The van der Waals surface area contributed by atoms with E-state index in [1.807, 2.05) is 47.8 Å². The van der Waals surface area contributed by atoms with Crippen LogP contribution in [0.1, 0.15) is 5.56 Å². The van der Waals surface area contributed by atoms with E-state index in [4.69, 9.17) is 14.9 Å². The fraction of sp³-hybridized carbons (Fsp3) is 0.150. The third-order valence-corrected chi connectivity index (χ3v) is 6.04. The van der Waals surface area contributed by atoms with Crippen molar-refractivity contribution in [2.75, 3.05) is 19.5 Å². The van der Waals surface area contributed by atoms with E-state index in [9.17, 15) is 0 Å². The van der Waals surface area contributed by atoms with Gasteiger partial charge in [-0.3, -0.25) is 5.41 Å². The Balaban J connectivity index is 0.00000256. The molecule has 10 heteroatoms. The van der Waals surface area contributed by atoms with Crippen molar-refractivity contribution in [3.05, 3.63) is 53.4 Å². The van der Waals surface area contributed by atoms with Crippen LogP contribution in [0, 0.1) is 5.41 Å². The maximum absolute atomic E-state index is 8.18. The molecule has 0 aliphatic rings. The predicted octanol–water partition coefficient (Wildman–Crippen LogP) is 5.15. The number of anilines is 1. The van der Waals surface area contributed by atoms with Crippen LogP contribution in [0.5, 0.6) is 11.5 Å². The van der Waals surface area contributed by atoms with E-state index in [1.54, 1.807) is 25.6 Å². The maximum atomic E-state index is 8.18.